The van der Waals surface area contributed by atoms with Gasteiger partial charge in [-0.1, -0.05) is 18.2 Å². The van der Waals surface area contributed by atoms with Crippen LogP contribution in [0, 0.1) is 13.8 Å². The predicted octanol–water partition coefficient (Wildman–Crippen LogP) is 2.53. The summed E-state index contributed by atoms with van der Waals surface area (Å²) in [4.78, 5) is 7.45. The van der Waals surface area contributed by atoms with Gasteiger partial charge in [-0.25, -0.2) is 4.98 Å². The molecule has 0 radical (unpaired) electrons. The summed E-state index contributed by atoms with van der Waals surface area (Å²) in [6, 6.07) is 6.74. The van der Waals surface area contributed by atoms with E-state index in [1.807, 2.05) is 13.2 Å². The average molecular weight is 229 g/mol. The topological polar surface area (TPSA) is 40.7 Å². The van der Waals surface area contributed by atoms with Crippen LogP contribution >= 0.6 is 0 Å². The quantitative estimate of drug-likeness (QED) is 0.845. The van der Waals surface area contributed by atoms with E-state index in [-0.39, 0.29) is 0 Å². The van der Waals surface area contributed by atoms with Gasteiger partial charge in [-0.2, -0.15) is 0 Å². The summed E-state index contributed by atoms with van der Waals surface area (Å²) in [6.07, 6.45) is 4.55. The average Bonchev–Trinajstić information content (AvgIpc) is 2.80. The second-order valence-corrected chi connectivity index (χ2v) is 4.39. The largest absolute Gasteiger partial charge is 0.349 e. The molecule has 2 aromatic rings. The molecule has 3 nitrogen and oxygen atoms in total. The first-order valence-electron chi connectivity index (χ1n) is 5.94. The minimum absolute atomic E-state index is 0.308. The standard InChI is InChI=1S/C14H19N3/c1-10-5-4-6-11(2)14(10)12(15-3)9-13-16-7-8-17-13/h4-8,12,15H,9H2,1-3H3,(H,16,17). The van der Waals surface area contributed by atoms with E-state index < -0.39 is 0 Å². The lowest BCUT2D eigenvalue weighted by Crippen LogP contribution is -2.21. The Balaban J connectivity index is 2.29. The van der Waals surface area contributed by atoms with Crippen molar-refractivity contribution >= 4 is 0 Å². The van der Waals surface area contributed by atoms with Crippen molar-refractivity contribution in [1.29, 1.82) is 0 Å². The zero-order valence-electron chi connectivity index (χ0n) is 10.6. The van der Waals surface area contributed by atoms with Gasteiger partial charge in [0.25, 0.3) is 0 Å². The molecule has 90 valence electrons. The van der Waals surface area contributed by atoms with Gasteiger partial charge in [0.1, 0.15) is 5.82 Å². The van der Waals surface area contributed by atoms with Crippen molar-refractivity contribution < 1.29 is 0 Å². The summed E-state index contributed by atoms with van der Waals surface area (Å²) in [5, 5.41) is 3.38. The van der Waals surface area contributed by atoms with E-state index in [1.165, 1.54) is 16.7 Å². The lowest BCUT2D eigenvalue weighted by molar-refractivity contribution is 0.572. The van der Waals surface area contributed by atoms with Crippen molar-refractivity contribution in [2.75, 3.05) is 7.05 Å². The van der Waals surface area contributed by atoms with Crippen LogP contribution in [0.25, 0.3) is 0 Å². The monoisotopic (exact) mass is 229 g/mol. The number of H-pyrrole nitrogens is 1. The molecule has 0 saturated carbocycles. The Morgan fingerprint density at radius 2 is 2.00 bits per heavy atom. The van der Waals surface area contributed by atoms with Crippen LogP contribution in [0.15, 0.2) is 30.6 Å². The molecule has 0 saturated heterocycles. The first kappa shape index (κ1) is 11.9. The number of rotatable bonds is 4. The Morgan fingerprint density at radius 1 is 1.29 bits per heavy atom. The minimum Gasteiger partial charge on any atom is -0.349 e. The minimum atomic E-state index is 0.308. The molecule has 1 aromatic carbocycles. The molecule has 0 bridgehead atoms. The molecule has 0 aliphatic rings. The summed E-state index contributed by atoms with van der Waals surface area (Å²) in [5.41, 5.74) is 4.04. The van der Waals surface area contributed by atoms with E-state index in [0.717, 1.165) is 12.2 Å². The summed E-state index contributed by atoms with van der Waals surface area (Å²) < 4.78 is 0. The van der Waals surface area contributed by atoms with Gasteiger partial charge in [-0.15, -0.1) is 0 Å². The van der Waals surface area contributed by atoms with Crippen LogP contribution < -0.4 is 5.32 Å². The van der Waals surface area contributed by atoms with Crippen molar-refractivity contribution in [3.63, 3.8) is 0 Å². The van der Waals surface area contributed by atoms with E-state index in [9.17, 15) is 0 Å². The van der Waals surface area contributed by atoms with Crippen LogP contribution in [0.2, 0.25) is 0 Å². The van der Waals surface area contributed by atoms with Gasteiger partial charge in [-0.05, 0) is 37.6 Å². The van der Waals surface area contributed by atoms with Gasteiger partial charge < -0.3 is 10.3 Å². The number of aryl methyl sites for hydroxylation is 2. The summed E-state index contributed by atoms with van der Waals surface area (Å²) in [6.45, 7) is 4.32. The second-order valence-electron chi connectivity index (χ2n) is 4.39. The maximum absolute atomic E-state index is 4.29. The number of likely N-dealkylation sites (N-methyl/N-ethyl adjacent to an activating group) is 1. The van der Waals surface area contributed by atoms with Gasteiger partial charge in [0, 0.05) is 24.9 Å². The fourth-order valence-electron chi connectivity index (χ4n) is 2.33. The van der Waals surface area contributed by atoms with E-state index in [0.29, 0.717) is 6.04 Å². The number of aromatic nitrogens is 2. The molecule has 1 unspecified atom stereocenters. The molecule has 0 aliphatic carbocycles. The highest BCUT2D eigenvalue weighted by Crippen LogP contribution is 2.23. The fourth-order valence-corrected chi connectivity index (χ4v) is 2.33. The van der Waals surface area contributed by atoms with Gasteiger partial charge >= 0.3 is 0 Å². The molecule has 2 rings (SSSR count). The first-order valence-corrected chi connectivity index (χ1v) is 5.94. The highest BCUT2D eigenvalue weighted by molar-refractivity contribution is 5.36. The van der Waals surface area contributed by atoms with Crippen molar-refractivity contribution in [3.8, 4) is 0 Å². The van der Waals surface area contributed by atoms with Crippen molar-refractivity contribution in [3.05, 3.63) is 53.1 Å². The third-order valence-corrected chi connectivity index (χ3v) is 3.19. The number of benzene rings is 1. The molecular weight excluding hydrogens is 210 g/mol. The van der Waals surface area contributed by atoms with E-state index in [2.05, 4.69) is 47.3 Å². The third-order valence-electron chi connectivity index (χ3n) is 3.19. The van der Waals surface area contributed by atoms with E-state index >= 15 is 0 Å². The SMILES string of the molecule is CNC(Cc1ncc[nH]1)c1c(C)cccc1C. The zero-order valence-corrected chi connectivity index (χ0v) is 10.6. The van der Waals surface area contributed by atoms with Crippen molar-refractivity contribution in [1.82, 2.24) is 15.3 Å². The molecule has 3 heteroatoms. The summed E-state index contributed by atoms with van der Waals surface area (Å²) in [5.74, 6) is 1.02. The van der Waals surface area contributed by atoms with Gasteiger partial charge in [0.05, 0.1) is 0 Å². The number of nitrogens with one attached hydrogen (secondary N) is 2. The number of imidazole rings is 1. The Bertz CT molecular complexity index is 454. The Hall–Kier alpha value is -1.61. The molecule has 0 aliphatic heterocycles. The highest BCUT2D eigenvalue weighted by atomic mass is 14.9. The maximum atomic E-state index is 4.29. The van der Waals surface area contributed by atoms with E-state index in [1.54, 1.807) is 6.20 Å². The molecule has 0 amide bonds. The summed E-state index contributed by atoms with van der Waals surface area (Å²) >= 11 is 0. The zero-order chi connectivity index (χ0) is 12.3. The molecule has 1 heterocycles. The summed E-state index contributed by atoms with van der Waals surface area (Å²) in [7, 11) is 2.00. The van der Waals surface area contributed by atoms with Crippen LogP contribution in [0.4, 0.5) is 0 Å². The van der Waals surface area contributed by atoms with Crippen LogP contribution in [0.5, 0.6) is 0 Å². The normalized spacial score (nSPS) is 12.6. The van der Waals surface area contributed by atoms with Gasteiger partial charge in [-0.3, -0.25) is 0 Å². The smallest absolute Gasteiger partial charge is 0.107 e. The predicted molar refractivity (Wildman–Crippen MR) is 70.0 cm³/mol. The lowest BCUT2D eigenvalue weighted by Gasteiger charge is -2.20. The second kappa shape index (κ2) is 5.15. The molecule has 0 fully saturated rings. The van der Waals surface area contributed by atoms with Gasteiger partial charge in [0.15, 0.2) is 0 Å². The maximum Gasteiger partial charge on any atom is 0.107 e. The van der Waals surface area contributed by atoms with Crippen molar-refractivity contribution in [2.24, 2.45) is 0 Å². The first-order chi connectivity index (χ1) is 8.22. The molecule has 1 aromatic heterocycles. The number of hydrogen-bond acceptors (Lipinski definition) is 2. The Labute approximate surface area is 102 Å². The van der Waals surface area contributed by atoms with Crippen molar-refractivity contribution in [2.45, 2.75) is 26.3 Å². The lowest BCUT2D eigenvalue weighted by atomic mass is 9.94. The molecule has 2 N–H and O–H groups in total. The number of nitrogens with zero attached hydrogens (tertiary/aromatic N) is 1. The molecular formula is C14H19N3. The van der Waals surface area contributed by atoms with Crippen LogP contribution in [0.3, 0.4) is 0 Å². The highest BCUT2D eigenvalue weighted by Gasteiger charge is 2.15. The Kier molecular flexibility index (Phi) is 3.59. The van der Waals surface area contributed by atoms with Crippen LogP contribution in [-0.4, -0.2) is 17.0 Å². The van der Waals surface area contributed by atoms with E-state index in [4.69, 9.17) is 0 Å². The fraction of sp³-hybridized carbons (Fsp3) is 0.357. The van der Waals surface area contributed by atoms with Crippen LogP contribution in [-0.2, 0) is 6.42 Å². The Morgan fingerprint density at radius 3 is 2.53 bits per heavy atom. The molecule has 17 heavy (non-hydrogen) atoms. The third kappa shape index (κ3) is 2.56. The van der Waals surface area contributed by atoms with Crippen LogP contribution in [0.1, 0.15) is 28.6 Å². The molecule has 0 spiro atoms. The van der Waals surface area contributed by atoms with Gasteiger partial charge in [0.2, 0.25) is 0 Å². The number of hydrogen-bond donors (Lipinski definition) is 2. The number of aromatic amines is 1. The molecule has 1 atom stereocenters.